The van der Waals surface area contributed by atoms with E-state index in [9.17, 15) is 0 Å². The van der Waals surface area contributed by atoms with Crippen LogP contribution in [0, 0.1) is 10.8 Å². The molecule has 0 N–H and O–H groups in total. The summed E-state index contributed by atoms with van der Waals surface area (Å²) in [5, 5.41) is 1.81. The van der Waals surface area contributed by atoms with E-state index < -0.39 is 0 Å². The fourth-order valence-corrected chi connectivity index (χ4v) is 1.31. The fraction of sp³-hybridized carbons (Fsp3) is 1.00. The van der Waals surface area contributed by atoms with Gasteiger partial charge in [-0.2, -0.15) is 5.06 Å². The Balaban J connectivity index is 4.42. The topological polar surface area (TPSA) is 12.5 Å². The summed E-state index contributed by atoms with van der Waals surface area (Å²) in [5.74, 6) is 0. The predicted molar refractivity (Wildman–Crippen MR) is 62.1 cm³/mol. The minimum atomic E-state index is 0.192. The Morgan fingerprint density at radius 3 is 1.64 bits per heavy atom. The van der Waals surface area contributed by atoms with Gasteiger partial charge in [0.1, 0.15) is 0 Å². The number of hydrogen-bond donors (Lipinski definition) is 0. The maximum Gasteiger partial charge on any atom is 0.0846 e. The largest absolute Gasteiger partial charge is 0.296 e. The van der Waals surface area contributed by atoms with E-state index in [-0.39, 0.29) is 11.5 Å². The van der Waals surface area contributed by atoms with Crippen molar-refractivity contribution in [3.63, 3.8) is 0 Å². The first-order valence-electron chi connectivity index (χ1n) is 5.36. The smallest absolute Gasteiger partial charge is 0.0846 e. The van der Waals surface area contributed by atoms with Crippen LogP contribution in [0.25, 0.3) is 0 Å². The van der Waals surface area contributed by atoms with Crippen molar-refractivity contribution in [3.05, 3.63) is 0 Å². The maximum absolute atomic E-state index is 5.82. The molecule has 0 spiro atoms. The zero-order chi connectivity index (χ0) is 11.6. The van der Waals surface area contributed by atoms with Crippen LogP contribution >= 0.6 is 0 Å². The molecule has 0 bridgehead atoms. The molecule has 0 saturated heterocycles. The van der Waals surface area contributed by atoms with Crippen LogP contribution in [0.3, 0.4) is 0 Å². The van der Waals surface area contributed by atoms with Crippen molar-refractivity contribution in [3.8, 4) is 0 Å². The zero-order valence-corrected chi connectivity index (χ0v) is 11.1. The van der Waals surface area contributed by atoms with Crippen molar-refractivity contribution in [1.29, 1.82) is 0 Å². The summed E-state index contributed by atoms with van der Waals surface area (Å²) in [4.78, 5) is 5.82. The highest BCUT2D eigenvalue weighted by atomic mass is 16.7. The molecule has 0 radical (unpaired) electrons. The van der Waals surface area contributed by atoms with Crippen molar-refractivity contribution >= 4 is 0 Å². The molecule has 0 aliphatic rings. The van der Waals surface area contributed by atoms with Gasteiger partial charge in [-0.25, -0.2) is 0 Å². The van der Waals surface area contributed by atoms with Gasteiger partial charge in [0.05, 0.1) is 6.10 Å². The minimum Gasteiger partial charge on any atom is -0.296 e. The Morgan fingerprint density at radius 2 is 1.43 bits per heavy atom. The van der Waals surface area contributed by atoms with Crippen LogP contribution in [0.1, 0.15) is 48.0 Å². The molecule has 0 aromatic rings. The third kappa shape index (κ3) is 6.39. The lowest BCUT2D eigenvalue weighted by atomic mass is 9.79. The van der Waals surface area contributed by atoms with Gasteiger partial charge in [0, 0.05) is 14.1 Å². The highest BCUT2D eigenvalue weighted by molar-refractivity contribution is 4.79. The second-order valence-electron chi connectivity index (χ2n) is 6.54. The number of hydroxylamine groups is 2. The van der Waals surface area contributed by atoms with Crippen molar-refractivity contribution in [2.75, 3.05) is 14.1 Å². The first kappa shape index (κ1) is 13.9. The summed E-state index contributed by atoms with van der Waals surface area (Å²) in [6, 6.07) is 0. The van der Waals surface area contributed by atoms with Gasteiger partial charge < -0.3 is 0 Å². The zero-order valence-electron chi connectivity index (χ0n) is 11.1. The van der Waals surface area contributed by atoms with Gasteiger partial charge in [0.15, 0.2) is 0 Å². The lowest BCUT2D eigenvalue weighted by molar-refractivity contribution is -0.203. The quantitative estimate of drug-likeness (QED) is 0.649. The van der Waals surface area contributed by atoms with Crippen molar-refractivity contribution in [1.82, 2.24) is 5.06 Å². The van der Waals surface area contributed by atoms with Gasteiger partial charge in [0.2, 0.25) is 0 Å². The average molecular weight is 201 g/mol. The molecular weight excluding hydrogens is 174 g/mol. The molecule has 0 rings (SSSR count). The second-order valence-corrected chi connectivity index (χ2v) is 6.54. The number of nitrogens with zero attached hydrogens (tertiary/aromatic N) is 1. The van der Waals surface area contributed by atoms with E-state index in [0.29, 0.717) is 5.41 Å². The SMILES string of the molecule is CN(C)OC(CC(C)(C)C)C(C)(C)C. The molecule has 0 fully saturated rings. The van der Waals surface area contributed by atoms with E-state index in [1.807, 2.05) is 19.2 Å². The Morgan fingerprint density at radius 1 is 1.00 bits per heavy atom. The van der Waals surface area contributed by atoms with Gasteiger partial charge in [-0.05, 0) is 17.3 Å². The summed E-state index contributed by atoms with van der Waals surface area (Å²) in [7, 11) is 3.89. The first-order valence-corrected chi connectivity index (χ1v) is 5.36. The van der Waals surface area contributed by atoms with Crippen LogP contribution in [-0.4, -0.2) is 25.3 Å². The van der Waals surface area contributed by atoms with E-state index >= 15 is 0 Å². The Kier molecular flexibility index (Phi) is 4.60. The van der Waals surface area contributed by atoms with E-state index in [1.54, 1.807) is 0 Å². The summed E-state index contributed by atoms with van der Waals surface area (Å²) in [5.41, 5.74) is 0.505. The average Bonchev–Trinajstić information content (AvgIpc) is 1.78. The van der Waals surface area contributed by atoms with E-state index in [0.717, 1.165) is 6.42 Å². The summed E-state index contributed by atoms with van der Waals surface area (Å²) < 4.78 is 0. The molecule has 0 aromatic heterocycles. The molecule has 2 heteroatoms. The van der Waals surface area contributed by atoms with Crippen LogP contribution < -0.4 is 0 Å². The first-order chi connectivity index (χ1) is 6.02. The second kappa shape index (κ2) is 4.63. The van der Waals surface area contributed by atoms with Crippen LogP contribution in [0.2, 0.25) is 0 Å². The van der Waals surface area contributed by atoms with Crippen molar-refractivity contribution < 1.29 is 4.84 Å². The lowest BCUT2D eigenvalue weighted by Gasteiger charge is -2.36. The Labute approximate surface area is 89.6 Å². The molecule has 0 amide bonds. The molecule has 14 heavy (non-hydrogen) atoms. The molecule has 0 aliphatic heterocycles. The van der Waals surface area contributed by atoms with Crippen molar-refractivity contribution in [2.45, 2.75) is 54.1 Å². The summed E-state index contributed by atoms with van der Waals surface area (Å²) >= 11 is 0. The van der Waals surface area contributed by atoms with E-state index in [4.69, 9.17) is 4.84 Å². The number of hydrogen-bond acceptors (Lipinski definition) is 2. The standard InChI is InChI=1S/C12H27NO/c1-11(2,3)9-10(12(4,5)6)14-13(7)8/h10H,9H2,1-8H3. The monoisotopic (exact) mass is 201 g/mol. The van der Waals surface area contributed by atoms with Gasteiger partial charge in [-0.3, -0.25) is 4.84 Å². The molecule has 1 unspecified atom stereocenters. The molecular formula is C12H27NO. The molecule has 2 nitrogen and oxygen atoms in total. The molecule has 0 heterocycles. The Bertz CT molecular complexity index is 162. The van der Waals surface area contributed by atoms with Crippen molar-refractivity contribution in [2.24, 2.45) is 10.8 Å². The van der Waals surface area contributed by atoms with Crippen LogP contribution in [0.5, 0.6) is 0 Å². The third-order valence-electron chi connectivity index (χ3n) is 2.10. The van der Waals surface area contributed by atoms with Crippen LogP contribution in [-0.2, 0) is 4.84 Å². The maximum atomic E-state index is 5.82. The van der Waals surface area contributed by atoms with Gasteiger partial charge in [0.25, 0.3) is 0 Å². The minimum absolute atomic E-state index is 0.192. The highest BCUT2D eigenvalue weighted by Gasteiger charge is 2.30. The normalized spacial score (nSPS) is 16.1. The van der Waals surface area contributed by atoms with E-state index in [2.05, 4.69) is 41.5 Å². The highest BCUT2D eigenvalue weighted by Crippen LogP contribution is 2.32. The third-order valence-corrected chi connectivity index (χ3v) is 2.10. The molecule has 86 valence electrons. The summed E-state index contributed by atoms with van der Waals surface area (Å²) in [6.07, 6.45) is 1.35. The number of rotatable bonds is 3. The van der Waals surface area contributed by atoms with Gasteiger partial charge >= 0.3 is 0 Å². The van der Waals surface area contributed by atoms with Gasteiger partial charge in [-0.15, -0.1) is 0 Å². The Hall–Kier alpha value is -0.0800. The predicted octanol–water partition coefficient (Wildman–Crippen LogP) is 3.33. The van der Waals surface area contributed by atoms with E-state index in [1.165, 1.54) is 0 Å². The molecule has 1 atom stereocenters. The summed E-state index contributed by atoms with van der Waals surface area (Å²) in [6.45, 7) is 13.5. The van der Waals surface area contributed by atoms with Crippen LogP contribution in [0.15, 0.2) is 0 Å². The van der Waals surface area contributed by atoms with Gasteiger partial charge in [-0.1, -0.05) is 41.5 Å². The van der Waals surface area contributed by atoms with Crippen LogP contribution in [0.4, 0.5) is 0 Å². The molecule has 0 aliphatic carbocycles. The lowest BCUT2D eigenvalue weighted by Crippen LogP contribution is -2.37. The fourth-order valence-electron chi connectivity index (χ4n) is 1.31. The molecule has 0 saturated carbocycles. The molecule has 0 aromatic carbocycles.